The molecule has 3 aromatic rings. The number of aromatic amines is 1. The molecule has 1 aromatic heterocycles. The molecule has 1 fully saturated rings. The second-order valence-electron chi connectivity index (χ2n) is 5.92. The van der Waals surface area contributed by atoms with E-state index in [1.807, 2.05) is 59.6 Å². The lowest BCUT2D eigenvalue weighted by molar-refractivity contribution is -0.118. The summed E-state index contributed by atoms with van der Waals surface area (Å²) in [6, 6.07) is 15.6. The maximum Gasteiger partial charge on any atom is 0.234 e. The standard InChI is InChI=1S/C19H16ClN3O/c20-16-3-1-2-14(10-16)18-8-9-23(19(18)24)17-6-4-13(5-7-17)15-11-21-22-12-15/h1-7,10-12,18H,8-9H2,(H,21,22)/t18-/m0/s1. The van der Waals surface area contributed by atoms with Gasteiger partial charge in [-0.15, -0.1) is 0 Å². The van der Waals surface area contributed by atoms with E-state index in [2.05, 4.69) is 10.2 Å². The highest BCUT2D eigenvalue weighted by atomic mass is 35.5. The van der Waals surface area contributed by atoms with Crippen LogP contribution in [-0.4, -0.2) is 22.6 Å². The number of aromatic nitrogens is 2. The molecular weight excluding hydrogens is 322 g/mol. The highest BCUT2D eigenvalue weighted by Gasteiger charge is 2.33. The van der Waals surface area contributed by atoms with Crippen molar-refractivity contribution < 1.29 is 4.79 Å². The van der Waals surface area contributed by atoms with Crippen molar-refractivity contribution in [3.05, 3.63) is 71.5 Å². The van der Waals surface area contributed by atoms with E-state index in [0.29, 0.717) is 5.02 Å². The first-order chi connectivity index (χ1) is 11.7. The van der Waals surface area contributed by atoms with Crippen LogP contribution < -0.4 is 4.90 Å². The molecule has 1 aliphatic heterocycles. The van der Waals surface area contributed by atoms with Crippen molar-refractivity contribution >= 4 is 23.2 Å². The van der Waals surface area contributed by atoms with Crippen LogP contribution in [0, 0.1) is 0 Å². The summed E-state index contributed by atoms with van der Waals surface area (Å²) in [6.07, 6.45) is 4.44. The summed E-state index contributed by atoms with van der Waals surface area (Å²) < 4.78 is 0. The van der Waals surface area contributed by atoms with Crippen molar-refractivity contribution in [1.29, 1.82) is 0 Å². The van der Waals surface area contributed by atoms with Crippen LogP contribution in [0.4, 0.5) is 5.69 Å². The largest absolute Gasteiger partial charge is 0.312 e. The Morgan fingerprint density at radius 1 is 1.12 bits per heavy atom. The molecule has 1 amide bonds. The van der Waals surface area contributed by atoms with Gasteiger partial charge in [0.25, 0.3) is 0 Å². The summed E-state index contributed by atoms with van der Waals surface area (Å²) >= 11 is 6.06. The summed E-state index contributed by atoms with van der Waals surface area (Å²) in [4.78, 5) is 14.7. The van der Waals surface area contributed by atoms with Crippen LogP contribution in [0.5, 0.6) is 0 Å². The zero-order valence-corrected chi connectivity index (χ0v) is 13.7. The Hall–Kier alpha value is -2.59. The fourth-order valence-corrected chi connectivity index (χ4v) is 3.41. The first-order valence-corrected chi connectivity index (χ1v) is 8.26. The predicted molar refractivity (Wildman–Crippen MR) is 95.2 cm³/mol. The number of halogens is 1. The third-order valence-corrected chi connectivity index (χ3v) is 4.70. The Kier molecular flexibility index (Phi) is 3.82. The molecule has 0 spiro atoms. The number of amides is 1. The molecule has 4 rings (SSSR count). The highest BCUT2D eigenvalue weighted by molar-refractivity contribution is 6.30. The smallest absolute Gasteiger partial charge is 0.234 e. The minimum absolute atomic E-state index is 0.114. The van der Waals surface area contributed by atoms with Gasteiger partial charge in [-0.1, -0.05) is 35.9 Å². The molecule has 1 N–H and O–H groups in total. The van der Waals surface area contributed by atoms with E-state index >= 15 is 0 Å². The lowest BCUT2D eigenvalue weighted by atomic mass is 9.98. The average Bonchev–Trinajstić information content (AvgIpc) is 3.25. The number of hydrogen-bond donors (Lipinski definition) is 1. The second kappa shape index (κ2) is 6.13. The molecule has 0 aliphatic carbocycles. The van der Waals surface area contributed by atoms with Crippen LogP contribution in [0.1, 0.15) is 17.9 Å². The number of hydrogen-bond acceptors (Lipinski definition) is 2. The first kappa shape index (κ1) is 15.0. The van der Waals surface area contributed by atoms with Gasteiger partial charge in [0.15, 0.2) is 0 Å². The highest BCUT2D eigenvalue weighted by Crippen LogP contribution is 2.33. The molecule has 0 radical (unpaired) electrons. The molecule has 1 atom stereocenters. The van der Waals surface area contributed by atoms with E-state index in [-0.39, 0.29) is 11.8 Å². The van der Waals surface area contributed by atoms with Crippen molar-refractivity contribution in [3.8, 4) is 11.1 Å². The molecular formula is C19H16ClN3O. The summed E-state index contributed by atoms with van der Waals surface area (Å²) in [5.74, 6) is 0.0191. The molecule has 1 aliphatic rings. The summed E-state index contributed by atoms with van der Waals surface area (Å²) in [5.41, 5.74) is 4.03. The Balaban J connectivity index is 1.56. The molecule has 24 heavy (non-hydrogen) atoms. The molecule has 0 saturated carbocycles. The van der Waals surface area contributed by atoms with Crippen LogP contribution >= 0.6 is 11.6 Å². The summed E-state index contributed by atoms with van der Waals surface area (Å²) in [7, 11) is 0. The minimum Gasteiger partial charge on any atom is -0.312 e. The van der Waals surface area contributed by atoms with Gasteiger partial charge in [-0.3, -0.25) is 9.89 Å². The lowest BCUT2D eigenvalue weighted by Gasteiger charge is -2.17. The molecule has 0 bridgehead atoms. The molecule has 1 saturated heterocycles. The van der Waals surface area contributed by atoms with Crippen LogP contribution in [0.15, 0.2) is 60.9 Å². The lowest BCUT2D eigenvalue weighted by Crippen LogP contribution is -2.26. The number of benzene rings is 2. The van der Waals surface area contributed by atoms with Gasteiger partial charge in [0.2, 0.25) is 5.91 Å². The van der Waals surface area contributed by atoms with E-state index in [1.54, 1.807) is 6.20 Å². The maximum absolute atomic E-state index is 12.8. The monoisotopic (exact) mass is 337 g/mol. The van der Waals surface area contributed by atoms with Gasteiger partial charge in [-0.25, -0.2) is 0 Å². The topological polar surface area (TPSA) is 49.0 Å². The Bertz CT molecular complexity index is 859. The van der Waals surface area contributed by atoms with E-state index in [1.165, 1.54) is 0 Å². The fourth-order valence-electron chi connectivity index (χ4n) is 3.21. The number of carbonyl (C=O) groups is 1. The molecule has 4 nitrogen and oxygen atoms in total. The normalized spacial score (nSPS) is 17.5. The third-order valence-electron chi connectivity index (χ3n) is 4.47. The van der Waals surface area contributed by atoms with Crippen LogP contribution in [0.25, 0.3) is 11.1 Å². The van der Waals surface area contributed by atoms with Gasteiger partial charge in [0.05, 0.1) is 12.1 Å². The quantitative estimate of drug-likeness (QED) is 0.776. The maximum atomic E-state index is 12.8. The Labute approximate surface area is 145 Å². The van der Waals surface area contributed by atoms with Gasteiger partial charge in [-0.05, 0) is 41.8 Å². The van der Waals surface area contributed by atoms with Crippen molar-refractivity contribution in [2.75, 3.05) is 11.4 Å². The SMILES string of the molecule is O=C1[C@H](c2cccc(Cl)c2)CCN1c1ccc(-c2cn[nH]c2)cc1. The number of H-pyrrole nitrogens is 1. The molecule has 2 heterocycles. The van der Waals surface area contributed by atoms with Gasteiger partial charge >= 0.3 is 0 Å². The van der Waals surface area contributed by atoms with Crippen LogP contribution in [0.3, 0.4) is 0 Å². The summed E-state index contributed by atoms with van der Waals surface area (Å²) in [6.45, 7) is 0.723. The molecule has 2 aromatic carbocycles. The van der Waals surface area contributed by atoms with Gasteiger partial charge in [0.1, 0.15) is 0 Å². The van der Waals surface area contributed by atoms with Crippen molar-refractivity contribution in [2.45, 2.75) is 12.3 Å². The Morgan fingerprint density at radius 2 is 1.96 bits per heavy atom. The van der Waals surface area contributed by atoms with Crippen LogP contribution in [0.2, 0.25) is 5.02 Å². The van der Waals surface area contributed by atoms with Crippen molar-refractivity contribution in [3.63, 3.8) is 0 Å². The van der Waals surface area contributed by atoms with Crippen molar-refractivity contribution in [2.24, 2.45) is 0 Å². The number of anilines is 1. The van der Waals surface area contributed by atoms with E-state index in [0.717, 1.165) is 35.3 Å². The van der Waals surface area contributed by atoms with Crippen LogP contribution in [-0.2, 0) is 4.79 Å². The molecule has 120 valence electrons. The fraction of sp³-hybridized carbons (Fsp3) is 0.158. The number of nitrogens with one attached hydrogen (secondary N) is 1. The third kappa shape index (κ3) is 2.69. The molecule has 5 heteroatoms. The summed E-state index contributed by atoms with van der Waals surface area (Å²) in [5, 5.41) is 7.44. The predicted octanol–water partition coefficient (Wildman–Crippen LogP) is 4.25. The number of carbonyl (C=O) groups excluding carboxylic acids is 1. The zero-order chi connectivity index (χ0) is 16.5. The number of rotatable bonds is 3. The second-order valence-corrected chi connectivity index (χ2v) is 6.36. The van der Waals surface area contributed by atoms with Gasteiger partial charge in [-0.2, -0.15) is 5.10 Å². The van der Waals surface area contributed by atoms with E-state index in [9.17, 15) is 4.79 Å². The zero-order valence-electron chi connectivity index (χ0n) is 12.9. The van der Waals surface area contributed by atoms with E-state index in [4.69, 9.17) is 11.6 Å². The van der Waals surface area contributed by atoms with E-state index < -0.39 is 0 Å². The molecule has 0 unspecified atom stereocenters. The minimum atomic E-state index is -0.114. The van der Waals surface area contributed by atoms with Gasteiger partial charge in [0, 0.05) is 29.0 Å². The average molecular weight is 338 g/mol. The first-order valence-electron chi connectivity index (χ1n) is 7.88. The number of nitrogens with zero attached hydrogens (tertiary/aromatic N) is 2. The van der Waals surface area contributed by atoms with Crippen molar-refractivity contribution in [1.82, 2.24) is 10.2 Å². The Morgan fingerprint density at radius 3 is 2.67 bits per heavy atom. The van der Waals surface area contributed by atoms with Gasteiger partial charge < -0.3 is 4.90 Å².